The minimum atomic E-state index is -0.985. The molecule has 8 heteroatoms. The number of nitrogens with zero attached hydrogens (tertiary/aromatic N) is 1. The van der Waals surface area contributed by atoms with Crippen molar-refractivity contribution >= 4 is 18.0 Å². The molecule has 9 atom stereocenters. The lowest BCUT2D eigenvalue weighted by atomic mass is 9.43. The molecule has 0 bridgehead atoms. The van der Waals surface area contributed by atoms with E-state index in [1.54, 1.807) is 11.0 Å². The molecule has 1 N–H and O–H groups in total. The minimum absolute atomic E-state index is 0.0914. The summed E-state index contributed by atoms with van der Waals surface area (Å²) in [6.07, 6.45) is 7.84. The molecule has 4 aliphatic carbocycles. The van der Waals surface area contributed by atoms with E-state index in [1.807, 2.05) is 7.05 Å². The quantitative estimate of drug-likeness (QED) is 0.461. The van der Waals surface area contributed by atoms with Crippen molar-refractivity contribution in [3.05, 3.63) is 11.6 Å². The second-order valence-corrected chi connectivity index (χ2v) is 12.5. The van der Waals surface area contributed by atoms with E-state index in [4.69, 9.17) is 14.2 Å². The summed E-state index contributed by atoms with van der Waals surface area (Å²) < 4.78 is 16.0. The number of hydrogen-bond acceptors (Lipinski definition) is 7. The molecule has 5 aliphatic rings. The molecule has 0 aromatic rings. The van der Waals surface area contributed by atoms with Crippen LogP contribution in [0.15, 0.2) is 11.6 Å². The van der Waals surface area contributed by atoms with Crippen molar-refractivity contribution in [2.75, 3.05) is 20.8 Å². The van der Waals surface area contributed by atoms with E-state index in [2.05, 4.69) is 13.8 Å². The Kier molecular flexibility index (Phi) is 6.21. The third-order valence-electron chi connectivity index (χ3n) is 11.2. The Hall–Kier alpha value is -2.09. The highest BCUT2D eigenvalue weighted by Crippen LogP contribution is 2.70. The highest BCUT2D eigenvalue weighted by atomic mass is 16.6. The third-order valence-corrected chi connectivity index (χ3v) is 11.2. The van der Waals surface area contributed by atoms with Gasteiger partial charge in [-0.2, -0.15) is 0 Å². The first kappa shape index (κ1) is 25.6. The van der Waals surface area contributed by atoms with E-state index in [0.717, 1.165) is 50.5 Å². The van der Waals surface area contributed by atoms with E-state index >= 15 is 0 Å². The topological polar surface area (TPSA) is 102 Å². The number of aliphatic hydroxyl groups is 1. The van der Waals surface area contributed by atoms with Gasteiger partial charge in [0.05, 0.1) is 12.7 Å². The highest BCUT2D eigenvalue weighted by Gasteiger charge is 2.71. The van der Waals surface area contributed by atoms with E-state index < -0.39 is 17.1 Å². The zero-order valence-electron chi connectivity index (χ0n) is 22.2. The number of carbonyl (C=O) groups is 3. The van der Waals surface area contributed by atoms with Crippen molar-refractivity contribution in [3.8, 4) is 0 Å². The zero-order chi connectivity index (χ0) is 26.0. The zero-order valence-corrected chi connectivity index (χ0v) is 22.2. The first-order chi connectivity index (χ1) is 16.9. The Morgan fingerprint density at radius 3 is 2.53 bits per heavy atom. The van der Waals surface area contributed by atoms with Crippen molar-refractivity contribution in [3.63, 3.8) is 0 Å². The predicted octanol–water partition coefficient (Wildman–Crippen LogP) is 3.85. The number of fused-ring (bicyclic) bond motifs is 5. The largest absolute Gasteiger partial charge is 0.462 e. The summed E-state index contributed by atoms with van der Waals surface area (Å²) >= 11 is 0. The summed E-state index contributed by atoms with van der Waals surface area (Å²) in [4.78, 5) is 37.9. The van der Waals surface area contributed by atoms with Crippen molar-refractivity contribution in [1.82, 2.24) is 4.90 Å². The van der Waals surface area contributed by atoms with Gasteiger partial charge in [0.2, 0.25) is 0 Å². The Labute approximate surface area is 213 Å². The van der Waals surface area contributed by atoms with Gasteiger partial charge in [-0.05, 0) is 73.7 Å². The summed E-state index contributed by atoms with van der Waals surface area (Å²) in [5.41, 5.74) is -0.552. The molecular formula is C28H41NO7. The van der Waals surface area contributed by atoms with Crippen LogP contribution in [0.3, 0.4) is 0 Å². The fourth-order valence-electron chi connectivity index (χ4n) is 9.40. The normalized spacial score (nSPS) is 45.5. The SMILES string of the molecule is COC(=O)N(C)[C@H]1CC[C@@]2(C)[C@H](CC[C@@H]3[C@@H]2CC[C@]2(C)[C@@H](C4=CC(=O)OC4)[C@@H](OC(C)=O)C[C@]32O)C1. The van der Waals surface area contributed by atoms with Crippen LogP contribution in [0.4, 0.5) is 4.79 Å². The average Bonchev–Trinajstić information content (AvgIpc) is 3.34. The van der Waals surface area contributed by atoms with E-state index in [-0.39, 0.29) is 47.9 Å². The van der Waals surface area contributed by atoms with Gasteiger partial charge in [-0.3, -0.25) is 4.79 Å². The molecule has 0 unspecified atom stereocenters. The van der Waals surface area contributed by atoms with E-state index in [0.29, 0.717) is 18.3 Å². The summed E-state index contributed by atoms with van der Waals surface area (Å²) in [5, 5.41) is 12.6. The van der Waals surface area contributed by atoms with E-state index in [1.165, 1.54) is 14.0 Å². The maximum absolute atomic E-state index is 12.6. The van der Waals surface area contributed by atoms with Gasteiger partial charge >= 0.3 is 18.0 Å². The standard InChI is InChI=1S/C28H41NO7/c1-16(30)36-22-14-28(33)21-7-6-18-13-19(29(4)25(32)34-5)8-10-26(18,2)20(21)9-11-27(28,3)24(22)17-12-23(31)35-15-17/h12,18-22,24,33H,6-11,13-15H2,1-5H3/t18-,19+,20+,21-,22+,24+,26+,27-,28+/m1/s1. The maximum Gasteiger partial charge on any atom is 0.409 e. The fraction of sp³-hybridized carbons (Fsp3) is 0.821. The van der Waals surface area contributed by atoms with Gasteiger partial charge in [-0.25, -0.2) is 9.59 Å². The number of cyclic esters (lactones) is 1. The van der Waals surface area contributed by atoms with Crippen LogP contribution >= 0.6 is 0 Å². The molecule has 1 amide bonds. The lowest BCUT2D eigenvalue weighted by Gasteiger charge is -2.63. The first-order valence-corrected chi connectivity index (χ1v) is 13.5. The lowest BCUT2D eigenvalue weighted by Crippen LogP contribution is -2.62. The van der Waals surface area contributed by atoms with Crippen LogP contribution in [0.25, 0.3) is 0 Å². The molecule has 36 heavy (non-hydrogen) atoms. The Bertz CT molecular complexity index is 979. The van der Waals surface area contributed by atoms with Crippen LogP contribution in [-0.2, 0) is 23.8 Å². The van der Waals surface area contributed by atoms with Gasteiger partial charge in [0.1, 0.15) is 12.7 Å². The number of esters is 2. The molecule has 200 valence electrons. The molecule has 0 aromatic heterocycles. The summed E-state index contributed by atoms with van der Waals surface area (Å²) in [7, 11) is 3.26. The molecule has 1 aliphatic heterocycles. The molecule has 4 fully saturated rings. The van der Waals surface area contributed by atoms with Crippen molar-refractivity contribution in [1.29, 1.82) is 0 Å². The van der Waals surface area contributed by atoms with Gasteiger partial charge < -0.3 is 24.2 Å². The smallest absolute Gasteiger partial charge is 0.409 e. The Morgan fingerprint density at radius 2 is 1.89 bits per heavy atom. The second-order valence-electron chi connectivity index (χ2n) is 12.5. The van der Waals surface area contributed by atoms with Crippen LogP contribution in [0, 0.1) is 34.5 Å². The molecule has 0 spiro atoms. The molecule has 1 heterocycles. The van der Waals surface area contributed by atoms with Gasteiger partial charge in [0.25, 0.3) is 0 Å². The van der Waals surface area contributed by atoms with Gasteiger partial charge in [0, 0.05) is 43.8 Å². The van der Waals surface area contributed by atoms with Crippen LogP contribution < -0.4 is 0 Å². The monoisotopic (exact) mass is 503 g/mol. The maximum atomic E-state index is 12.6. The Balaban J connectivity index is 1.44. The van der Waals surface area contributed by atoms with Crippen LogP contribution in [-0.4, -0.2) is 66.5 Å². The van der Waals surface area contributed by atoms with E-state index in [9.17, 15) is 19.5 Å². The number of rotatable bonds is 3. The molecule has 8 nitrogen and oxygen atoms in total. The van der Waals surface area contributed by atoms with Gasteiger partial charge in [-0.15, -0.1) is 0 Å². The number of methoxy groups -OCH3 is 1. The number of ether oxygens (including phenoxy) is 3. The summed E-state index contributed by atoms with van der Waals surface area (Å²) in [5.74, 6) is 0.0132. The number of amides is 1. The molecular weight excluding hydrogens is 462 g/mol. The minimum Gasteiger partial charge on any atom is -0.462 e. The third kappa shape index (κ3) is 3.61. The van der Waals surface area contributed by atoms with Crippen molar-refractivity contribution in [2.45, 2.75) is 89.9 Å². The fourth-order valence-corrected chi connectivity index (χ4v) is 9.40. The van der Waals surface area contributed by atoms with Gasteiger partial charge in [0.15, 0.2) is 0 Å². The molecule has 4 saturated carbocycles. The number of carbonyl (C=O) groups excluding carboxylic acids is 3. The number of hydrogen-bond donors (Lipinski definition) is 1. The summed E-state index contributed by atoms with van der Waals surface area (Å²) in [6, 6.07) is 0.181. The molecule has 5 rings (SSSR count). The predicted molar refractivity (Wildman–Crippen MR) is 131 cm³/mol. The first-order valence-electron chi connectivity index (χ1n) is 13.5. The van der Waals surface area contributed by atoms with Crippen LogP contribution in [0.5, 0.6) is 0 Å². The Morgan fingerprint density at radius 1 is 1.14 bits per heavy atom. The average molecular weight is 504 g/mol. The van der Waals surface area contributed by atoms with Crippen LogP contribution in [0.1, 0.15) is 72.1 Å². The molecule has 0 aromatic carbocycles. The van der Waals surface area contributed by atoms with Crippen LogP contribution in [0.2, 0.25) is 0 Å². The van der Waals surface area contributed by atoms with Gasteiger partial charge in [-0.1, -0.05) is 13.8 Å². The second kappa shape index (κ2) is 8.74. The molecule has 0 radical (unpaired) electrons. The van der Waals surface area contributed by atoms with Crippen molar-refractivity contribution < 1.29 is 33.7 Å². The molecule has 0 saturated heterocycles. The lowest BCUT2D eigenvalue weighted by molar-refractivity contribution is -0.206. The summed E-state index contributed by atoms with van der Waals surface area (Å²) in [6.45, 7) is 6.15. The van der Waals surface area contributed by atoms with Crippen molar-refractivity contribution in [2.24, 2.45) is 34.5 Å². The highest BCUT2D eigenvalue weighted by molar-refractivity contribution is 5.85.